The van der Waals surface area contributed by atoms with Crippen molar-refractivity contribution in [1.29, 1.82) is 0 Å². The van der Waals surface area contributed by atoms with Crippen molar-refractivity contribution in [3.05, 3.63) is 29.7 Å². The largest absolute Gasteiger partial charge is 0.489 e. The van der Waals surface area contributed by atoms with Gasteiger partial charge in [-0.3, -0.25) is 4.79 Å². The number of alkyl halides is 2. The molecule has 0 radical (unpaired) electrons. The molecule has 0 spiro atoms. The maximum Gasteiger partial charge on any atom is 0.407 e. The highest BCUT2D eigenvalue weighted by Gasteiger charge is 2.26. The fourth-order valence-corrected chi connectivity index (χ4v) is 3.01. The number of nitrogens with one attached hydrogen (secondary N) is 2. The van der Waals surface area contributed by atoms with E-state index in [9.17, 15) is 18.4 Å². The van der Waals surface area contributed by atoms with Crippen molar-refractivity contribution < 1.29 is 37.0 Å². The predicted octanol–water partition coefficient (Wildman–Crippen LogP) is 3.23. The summed E-state index contributed by atoms with van der Waals surface area (Å²) in [4.78, 5) is 28.3. The summed E-state index contributed by atoms with van der Waals surface area (Å²) in [7, 11) is 1.24. The third-order valence-electron chi connectivity index (χ3n) is 4.98. The van der Waals surface area contributed by atoms with Crippen molar-refractivity contribution in [3.8, 4) is 23.0 Å². The van der Waals surface area contributed by atoms with E-state index in [1.807, 2.05) is 0 Å². The lowest BCUT2D eigenvalue weighted by Gasteiger charge is -2.13. The average molecular weight is 482 g/mol. The molecule has 2 atom stereocenters. The molecule has 1 saturated carbocycles. The summed E-state index contributed by atoms with van der Waals surface area (Å²) < 4.78 is 46.1. The van der Waals surface area contributed by atoms with E-state index in [4.69, 9.17) is 14.9 Å². The minimum Gasteiger partial charge on any atom is -0.489 e. The van der Waals surface area contributed by atoms with E-state index in [0.29, 0.717) is 18.1 Å². The summed E-state index contributed by atoms with van der Waals surface area (Å²) in [5.74, 6) is 0.0689. The van der Waals surface area contributed by atoms with Gasteiger partial charge in [-0.1, -0.05) is 0 Å². The van der Waals surface area contributed by atoms with Crippen LogP contribution in [0.4, 0.5) is 13.6 Å². The van der Waals surface area contributed by atoms with Crippen LogP contribution in [0.2, 0.25) is 0 Å². The first-order valence-corrected chi connectivity index (χ1v) is 10.8. The number of oxazole rings is 1. The lowest BCUT2D eigenvalue weighted by Crippen LogP contribution is -2.42. The van der Waals surface area contributed by atoms with Crippen molar-refractivity contribution in [2.45, 2.75) is 45.4 Å². The molecule has 0 unspecified atom stereocenters. The molecule has 2 amide bonds. The summed E-state index contributed by atoms with van der Waals surface area (Å²) in [5, 5.41) is 5.19. The first-order chi connectivity index (χ1) is 16.2. The molecule has 10 nitrogen and oxygen atoms in total. The Morgan fingerprint density at radius 2 is 2.00 bits per heavy atom. The third-order valence-corrected chi connectivity index (χ3v) is 4.98. The fraction of sp³-hybridized carbons (Fsp3) is 0.500. The number of methoxy groups -OCH3 is 1. The smallest absolute Gasteiger partial charge is 0.407 e. The topological polar surface area (TPSA) is 138 Å². The zero-order valence-electron chi connectivity index (χ0n) is 19.1. The third kappa shape index (κ3) is 6.80. The normalized spacial score (nSPS) is 14.9. The number of hydrogen-bond acceptors (Lipinski definition) is 8. The Labute approximate surface area is 195 Å². The molecule has 1 heterocycles. The number of ether oxygens (including phenoxy) is 3. The molecule has 186 valence electrons. The molecule has 12 heteroatoms. The number of amides is 2. The molecule has 0 aliphatic heterocycles. The zero-order chi connectivity index (χ0) is 24.8. The second-order valence-corrected chi connectivity index (χ2v) is 8.06. The Kier molecular flexibility index (Phi) is 8.26. The summed E-state index contributed by atoms with van der Waals surface area (Å²) in [5.41, 5.74) is 6.34. The van der Waals surface area contributed by atoms with Crippen LogP contribution in [-0.4, -0.2) is 49.9 Å². The van der Waals surface area contributed by atoms with Gasteiger partial charge in [0.15, 0.2) is 23.0 Å². The van der Waals surface area contributed by atoms with Crippen LogP contribution in [0.15, 0.2) is 22.6 Å². The first-order valence-electron chi connectivity index (χ1n) is 10.8. The Hall–Kier alpha value is -3.41. The molecule has 4 N–H and O–H groups in total. The Morgan fingerprint density at radius 1 is 1.26 bits per heavy atom. The predicted molar refractivity (Wildman–Crippen MR) is 117 cm³/mol. The van der Waals surface area contributed by atoms with E-state index >= 15 is 0 Å². The van der Waals surface area contributed by atoms with Crippen molar-refractivity contribution >= 4 is 12.0 Å². The van der Waals surface area contributed by atoms with Crippen LogP contribution in [0.1, 0.15) is 49.0 Å². The molecule has 3 rings (SSSR count). The van der Waals surface area contributed by atoms with Gasteiger partial charge in [-0.15, -0.1) is 0 Å². The number of alkyl carbamates (subject to hydrolysis) is 1. The number of nitrogens with two attached hydrogens (primary N) is 1. The minimum absolute atomic E-state index is 0.0244. The highest BCUT2D eigenvalue weighted by molar-refractivity contribution is 5.94. The summed E-state index contributed by atoms with van der Waals surface area (Å²) >= 11 is 0. The van der Waals surface area contributed by atoms with E-state index in [2.05, 4.69) is 25.1 Å². The maximum atomic E-state index is 12.8. The number of halogens is 2. The Balaban J connectivity index is 1.81. The van der Waals surface area contributed by atoms with Crippen LogP contribution >= 0.6 is 0 Å². The standard InChI is InChI=1S/C22H28F2N4O6/c1-11(27-22(30)31-3)9-26-19(29)17-18(12(2)25)34-20(28-17)14-6-7-15(33-21(23)24)16(8-14)32-10-13-4-5-13/h6-8,11-13,21H,4-5,9-10,25H2,1-3H3,(H,26,29)(H,27,30)/t11-,12+/m1/s1. The van der Waals surface area contributed by atoms with Gasteiger partial charge in [-0.05, 0) is 50.8 Å². The van der Waals surface area contributed by atoms with Gasteiger partial charge in [0.2, 0.25) is 5.89 Å². The van der Waals surface area contributed by atoms with E-state index in [-0.39, 0.29) is 35.4 Å². The average Bonchev–Trinajstić information content (AvgIpc) is 3.51. The molecule has 1 fully saturated rings. The molecule has 2 aromatic rings. The number of hydrogen-bond donors (Lipinski definition) is 3. The van der Waals surface area contributed by atoms with Crippen LogP contribution in [-0.2, 0) is 4.74 Å². The number of benzene rings is 1. The molecular weight excluding hydrogens is 454 g/mol. The van der Waals surface area contributed by atoms with E-state index in [1.165, 1.54) is 25.3 Å². The summed E-state index contributed by atoms with van der Waals surface area (Å²) in [6, 6.07) is 3.22. The Morgan fingerprint density at radius 3 is 2.62 bits per heavy atom. The van der Waals surface area contributed by atoms with Crippen molar-refractivity contribution in [1.82, 2.24) is 15.6 Å². The van der Waals surface area contributed by atoms with E-state index in [1.54, 1.807) is 13.8 Å². The Bertz CT molecular complexity index is 1010. The van der Waals surface area contributed by atoms with Crippen LogP contribution in [0.5, 0.6) is 11.5 Å². The van der Waals surface area contributed by atoms with Crippen LogP contribution in [0.3, 0.4) is 0 Å². The van der Waals surface area contributed by atoms with E-state index in [0.717, 1.165) is 12.8 Å². The number of carbonyl (C=O) groups is 2. The quantitative estimate of drug-likeness (QED) is 0.444. The molecule has 1 aliphatic rings. The van der Waals surface area contributed by atoms with Gasteiger partial charge in [-0.25, -0.2) is 9.78 Å². The van der Waals surface area contributed by atoms with Crippen LogP contribution in [0, 0.1) is 5.92 Å². The highest BCUT2D eigenvalue weighted by atomic mass is 19.3. The molecule has 1 aliphatic carbocycles. The van der Waals surface area contributed by atoms with Crippen LogP contribution < -0.4 is 25.8 Å². The van der Waals surface area contributed by atoms with Gasteiger partial charge in [0, 0.05) is 18.2 Å². The van der Waals surface area contributed by atoms with Gasteiger partial charge in [0.05, 0.1) is 19.8 Å². The highest BCUT2D eigenvalue weighted by Crippen LogP contribution is 2.37. The van der Waals surface area contributed by atoms with Crippen molar-refractivity contribution in [2.24, 2.45) is 11.7 Å². The number of carbonyl (C=O) groups excluding carboxylic acids is 2. The van der Waals surface area contributed by atoms with Gasteiger partial charge < -0.3 is 35.0 Å². The second-order valence-electron chi connectivity index (χ2n) is 8.06. The summed E-state index contributed by atoms with van der Waals surface area (Å²) in [6.07, 6.45) is 1.42. The number of nitrogens with zero attached hydrogens (tertiary/aromatic N) is 1. The van der Waals surface area contributed by atoms with Gasteiger partial charge in [-0.2, -0.15) is 8.78 Å². The van der Waals surface area contributed by atoms with Crippen molar-refractivity contribution in [2.75, 3.05) is 20.3 Å². The zero-order valence-corrected chi connectivity index (χ0v) is 19.1. The molecule has 1 aromatic heterocycles. The fourth-order valence-electron chi connectivity index (χ4n) is 3.01. The van der Waals surface area contributed by atoms with Gasteiger partial charge in [0.25, 0.3) is 5.91 Å². The molecular formula is C22H28F2N4O6. The number of aromatic nitrogens is 1. The first kappa shape index (κ1) is 25.2. The maximum absolute atomic E-state index is 12.8. The summed E-state index contributed by atoms with van der Waals surface area (Å²) in [6.45, 7) is 0.793. The monoisotopic (exact) mass is 482 g/mol. The molecule has 0 saturated heterocycles. The van der Waals surface area contributed by atoms with Crippen molar-refractivity contribution in [3.63, 3.8) is 0 Å². The van der Waals surface area contributed by atoms with Gasteiger partial charge >= 0.3 is 12.7 Å². The van der Waals surface area contributed by atoms with E-state index < -0.39 is 30.7 Å². The molecule has 0 bridgehead atoms. The van der Waals surface area contributed by atoms with Gasteiger partial charge in [0.1, 0.15) is 0 Å². The number of rotatable bonds is 11. The lowest BCUT2D eigenvalue weighted by molar-refractivity contribution is -0.0515. The minimum atomic E-state index is -3.01. The SMILES string of the molecule is COC(=O)N[C@H](C)CNC(=O)c1nc(-c2ccc(OC(F)F)c(OCC3CC3)c2)oc1[C@H](C)N. The second kappa shape index (κ2) is 11.1. The lowest BCUT2D eigenvalue weighted by atomic mass is 10.2. The molecule has 34 heavy (non-hydrogen) atoms. The van der Waals surface area contributed by atoms with Crippen LogP contribution in [0.25, 0.3) is 11.5 Å². The molecule has 1 aromatic carbocycles.